The lowest BCUT2D eigenvalue weighted by molar-refractivity contribution is -0.122. The van der Waals surface area contributed by atoms with Crippen molar-refractivity contribution in [2.45, 2.75) is 19.9 Å². The third kappa shape index (κ3) is 1.98. The number of nitrogens with one attached hydrogen (secondary N) is 1. The second-order valence-electron chi connectivity index (χ2n) is 3.26. The molecule has 0 radical (unpaired) electrons. The van der Waals surface area contributed by atoms with Gasteiger partial charge in [-0.1, -0.05) is 13.8 Å². The van der Waals surface area contributed by atoms with E-state index >= 15 is 0 Å². The maximum absolute atomic E-state index is 11.1. The van der Waals surface area contributed by atoms with E-state index in [-0.39, 0.29) is 17.9 Å². The van der Waals surface area contributed by atoms with Crippen LogP contribution in [0.3, 0.4) is 0 Å². The number of nitrogens with two attached hydrogens (primary N) is 1. The minimum atomic E-state index is -0.362. The number of nitrogens with zero attached hydrogens (tertiary/aromatic N) is 1. The zero-order valence-electron chi connectivity index (χ0n) is 7.65. The van der Waals surface area contributed by atoms with Gasteiger partial charge >= 0.3 is 0 Å². The molecule has 0 aliphatic rings. The highest BCUT2D eigenvalue weighted by molar-refractivity contribution is 7.71. The molecule has 1 aromatic heterocycles. The van der Waals surface area contributed by atoms with Crippen LogP contribution < -0.4 is 5.73 Å². The Hall–Kier alpha value is -1.10. The van der Waals surface area contributed by atoms with E-state index in [1.165, 1.54) is 0 Å². The molecule has 0 aromatic carbocycles. The largest absolute Gasteiger partial charge is 0.368 e. The lowest BCUT2D eigenvalue weighted by Gasteiger charge is -2.18. The third-order valence-corrected chi connectivity index (χ3v) is 2.23. The highest BCUT2D eigenvalue weighted by Gasteiger charge is 2.21. The second kappa shape index (κ2) is 3.74. The van der Waals surface area contributed by atoms with Crippen LogP contribution in [-0.4, -0.2) is 15.5 Å². The van der Waals surface area contributed by atoms with Gasteiger partial charge in [0.25, 0.3) is 0 Å². The summed E-state index contributed by atoms with van der Waals surface area (Å²) >= 11 is 5.00. The van der Waals surface area contributed by atoms with Gasteiger partial charge in [0, 0.05) is 12.4 Å². The number of primary amides is 1. The fourth-order valence-corrected chi connectivity index (χ4v) is 1.58. The van der Waals surface area contributed by atoms with Crippen LogP contribution in [0.1, 0.15) is 19.9 Å². The van der Waals surface area contributed by atoms with E-state index in [1.54, 1.807) is 17.0 Å². The number of aromatic amines is 1. The number of amides is 1. The van der Waals surface area contributed by atoms with Gasteiger partial charge in [-0.15, -0.1) is 0 Å². The Morgan fingerprint density at radius 1 is 1.69 bits per heavy atom. The topological polar surface area (TPSA) is 63.8 Å². The Labute approximate surface area is 81.8 Å². The highest BCUT2D eigenvalue weighted by atomic mass is 32.1. The van der Waals surface area contributed by atoms with Crippen molar-refractivity contribution in [2.75, 3.05) is 0 Å². The van der Waals surface area contributed by atoms with E-state index in [2.05, 4.69) is 4.98 Å². The van der Waals surface area contributed by atoms with Crippen LogP contribution in [0, 0.1) is 10.7 Å². The van der Waals surface area contributed by atoms with E-state index in [0.717, 1.165) is 0 Å². The summed E-state index contributed by atoms with van der Waals surface area (Å²) in [5.41, 5.74) is 5.28. The smallest absolute Gasteiger partial charge is 0.240 e. The SMILES string of the molecule is CC(C)C(C(N)=O)n1cc[nH]c1=S. The van der Waals surface area contributed by atoms with Crippen LogP contribution in [0.4, 0.5) is 0 Å². The Bertz CT molecular complexity index is 352. The van der Waals surface area contributed by atoms with Crippen molar-refractivity contribution < 1.29 is 4.79 Å². The molecule has 1 amide bonds. The van der Waals surface area contributed by atoms with Gasteiger partial charge in [-0.25, -0.2) is 0 Å². The molecule has 0 saturated heterocycles. The van der Waals surface area contributed by atoms with Gasteiger partial charge in [-0.3, -0.25) is 4.79 Å². The van der Waals surface area contributed by atoms with E-state index in [4.69, 9.17) is 18.0 Å². The second-order valence-corrected chi connectivity index (χ2v) is 3.65. The fraction of sp³-hybridized carbons (Fsp3) is 0.500. The molecule has 4 nitrogen and oxygen atoms in total. The number of H-pyrrole nitrogens is 1. The van der Waals surface area contributed by atoms with E-state index in [1.807, 2.05) is 13.8 Å². The molecule has 1 unspecified atom stereocenters. The summed E-state index contributed by atoms with van der Waals surface area (Å²) in [6, 6.07) is -0.362. The number of carbonyl (C=O) groups excluding carboxylic acids is 1. The third-order valence-electron chi connectivity index (χ3n) is 1.90. The number of aromatic nitrogens is 2. The minimum Gasteiger partial charge on any atom is -0.368 e. The molecule has 0 spiro atoms. The quantitative estimate of drug-likeness (QED) is 0.719. The molecular weight excluding hydrogens is 186 g/mol. The molecule has 1 rings (SSSR count). The highest BCUT2D eigenvalue weighted by Crippen LogP contribution is 2.16. The molecule has 0 aliphatic carbocycles. The fourth-order valence-electron chi connectivity index (χ4n) is 1.34. The van der Waals surface area contributed by atoms with Crippen molar-refractivity contribution in [2.24, 2.45) is 11.7 Å². The number of hydrogen-bond acceptors (Lipinski definition) is 2. The standard InChI is InChI=1S/C8H13N3OS/c1-5(2)6(7(9)12)11-4-3-10-8(11)13/h3-6H,1-2H3,(H2,9,12)(H,10,13). The first-order valence-electron chi connectivity index (χ1n) is 4.09. The summed E-state index contributed by atoms with van der Waals surface area (Å²) in [5.74, 6) is -0.217. The number of imidazole rings is 1. The Kier molecular flexibility index (Phi) is 2.87. The zero-order chi connectivity index (χ0) is 10.0. The molecule has 0 saturated carbocycles. The van der Waals surface area contributed by atoms with Crippen molar-refractivity contribution >= 4 is 18.1 Å². The zero-order valence-corrected chi connectivity index (χ0v) is 8.47. The first-order chi connectivity index (χ1) is 6.04. The summed E-state index contributed by atoms with van der Waals surface area (Å²) in [6.45, 7) is 3.87. The maximum atomic E-state index is 11.1. The monoisotopic (exact) mass is 199 g/mol. The summed E-state index contributed by atoms with van der Waals surface area (Å²) in [6.07, 6.45) is 3.43. The minimum absolute atomic E-state index is 0.139. The molecule has 1 heterocycles. The van der Waals surface area contributed by atoms with Gasteiger partial charge in [0.05, 0.1) is 0 Å². The van der Waals surface area contributed by atoms with Crippen LogP contribution in [-0.2, 0) is 4.79 Å². The van der Waals surface area contributed by atoms with Crippen LogP contribution >= 0.6 is 12.2 Å². The molecule has 5 heteroatoms. The predicted octanol–water partition coefficient (Wildman–Crippen LogP) is 1.23. The van der Waals surface area contributed by atoms with E-state index in [9.17, 15) is 4.79 Å². The average molecular weight is 199 g/mol. The number of rotatable bonds is 3. The lowest BCUT2D eigenvalue weighted by atomic mass is 10.0. The van der Waals surface area contributed by atoms with Gasteiger partial charge < -0.3 is 15.3 Å². The van der Waals surface area contributed by atoms with E-state index in [0.29, 0.717) is 4.77 Å². The summed E-state index contributed by atoms with van der Waals surface area (Å²) in [5, 5.41) is 0. The molecular formula is C8H13N3OS. The maximum Gasteiger partial charge on any atom is 0.240 e. The molecule has 72 valence electrons. The average Bonchev–Trinajstić information content (AvgIpc) is 2.35. The van der Waals surface area contributed by atoms with Crippen LogP contribution in [0.2, 0.25) is 0 Å². The van der Waals surface area contributed by atoms with Crippen molar-refractivity contribution in [1.29, 1.82) is 0 Å². The first kappa shape index (κ1) is 9.98. The summed E-state index contributed by atoms with van der Waals surface area (Å²) < 4.78 is 2.21. The molecule has 0 fully saturated rings. The Balaban J connectivity index is 3.10. The van der Waals surface area contributed by atoms with Gasteiger partial charge in [-0.05, 0) is 18.1 Å². The predicted molar refractivity (Wildman–Crippen MR) is 52.7 cm³/mol. The van der Waals surface area contributed by atoms with Crippen LogP contribution in [0.25, 0.3) is 0 Å². The number of hydrogen-bond donors (Lipinski definition) is 2. The first-order valence-corrected chi connectivity index (χ1v) is 4.49. The lowest BCUT2D eigenvalue weighted by Crippen LogP contribution is -2.30. The summed E-state index contributed by atoms with van der Waals surface area (Å²) in [7, 11) is 0. The molecule has 3 N–H and O–H groups in total. The van der Waals surface area contributed by atoms with Crippen LogP contribution in [0.15, 0.2) is 12.4 Å². The van der Waals surface area contributed by atoms with Crippen molar-refractivity contribution in [3.8, 4) is 0 Å². The van der Waals surface area contributed by atoms with Crippen molar-refractivity contribution in [3.05, 3.63) is 17.2 Å². The molecule has 0 bridgehead atoms. The van der Waals surface area contributed by atoms with Gasteiger partial charge in [0.15, 0.2) is 4.77 Å². The van der Waals surface area contributed by atoms with Gasteiger partial charge in [-0.2, -0.15) is 0 Å². The van der Waals surface area contributed by atoms with Crippen molar-refractivity contribution in [3.63, 3.8) is 0 Å². The van der Waals surface area contributed by atoms with Gasteiger partial charge in [0.1, 0.15) is 6.04 Å². The summed E-state index contributed by atoms with van der Waals surface area (Å²) in [4.78, 5) is 14.0. The number of carbonyl (C=O) groups is 1. The normalized spacial score (nSPS) is 13.2. The molecule has 1 atom stereocenters. The van der Waals surface area contributed by atoms with Crippen LogP contribution in [0.5, 0.6) is 0 Å². The van der Waals surface area contributed by atoms with Crippen molar-refractivity contribution in [1.82, 2.24) is 9.55 Å². The molecule has 13 heavy (non-hydrogen) atoms. The Morgan fingerprint density at radius 2 is 2.31 bits per heavy atom. The molecule has 1 aromatic rings. The Morgan fingerprint density at radius 3 is 2.62 bits per heavy atom. The van der Waals surface area contributed by atoms with E-state index < -0.39 is 0 Å². The van der Waals surface area contributed by atoms with Gasteiger partial charge in [0.2, 0.25) is 5.91 Å². The molecule has 0 aliphatic heterocycles.